The average Bonchev–Trinajstić information content (AvgIpc) is 2.70. The van der Waals surface area contributed by atoms with E-state index in [2.05, 4.69) is 40.9 Å². The van der Waals surface area contributed by atoms with E-state index in [1.54, 1.807) is 18.2 Å². The lowest BCUT2D eigenvalue weighted by atomic mass is 9.94. The van der Waals surface area contributed by atoms with Crippen LogP contribution in [0.1, 0.15) is 19.4 Å². The van der Waals surface area contributed by atoms with Crippen molar-refractivity contribution in [1.82, 2.24) is 0 Å². The lowest BCUT2D eigenvalue weighted by Gasteiger charge is -2.25. The van der Waals surface area contributed by atoms with Crippen molar-refractivity contribution in [2.45, 2.75) is 26.5 Å². The van der Waals surface area contributed by atoms with Crippen LogP contribution in [0.5, 0.6) is 0 Å². The molecule has 0 aliphatic carbocycles. The van der Waals surface area contributed by atoms with E-state index in [9.17, 15) is 10.1 Å². The highest BCUT2D eigenvalue weighted by molar-refractivity contribution is 14.1. The number of ether oxygens (including phenoxy) is 1. The van der Waals surface area contributed by atoms with Gasteiger partial charge in [0.2, 0.25) is 0 Å². The van der Waals surface area contributed by atoms with Gasteiger partial charge in [0.05, 0.1) is 24.2 Å². The number of hydrogen-bond acceptors (Lipinski definition) is 4. The minimum absolute atomic E-state index is 0.0753. The van der Waals surface area contributed by atoms with Crippen molar-refractivity contribution in [3.05, 3.63) is 92.1 Å². The Bertz CT molecular complexity index is 822. The molecule has 0 saturated carbocycles. The van der Waals surface area contributed by atoms with Crippen molar-refractivity contribution in [2.24, 2.45) is 5.92 Å². The summed E-state index contributed by atoms with van der Waals surface area (Å²) in [6.45, 7) is 5.14. The van der Waals surface area contributed by atoms with Gasteiger partial charge in [0.25, 0.3) is 5.69 Å². The maximum atomic E-state index is 11.3. The summed E-state index contributed by atoms with van der Waals surface area (Å²) in [4.78, 5) is 11.0. The first-order chi connectivity index (χ1) is 13.5. The standard InChI is InChI=1S/C22H25IN2O3/c1-17(12-14-23)22(24-20-10-6-7-11-21(20)25(26)27)18(2)13-15-28-16-19-8-4-3-5-9-19/h3-14,17,22,24H,15-16H2,1-2H3. The molecule has 148 valence electrons. The predicted octanol–water partition coefficient (Wildman–Crippen LogP) is 6.12. The zero-order chi connectivity index (χ0) is 20.4. The van der Waals surface area contributed by atoms with E-state index < -0.39 is 0 Å². The van der Waals surface area contributed by atoms with Gasteiger partial charge in [0.15, 0.2) is 0 Å². The quantitative estimate of drug-likeness (QED) is 0.143. The highest BCUT2D eigenvalue weighted by atomic mass is 127. The number of para-hydroxylation sites is 2. The predicted molar refractivity (Wildman–Crippen MR) is 123 cm³/mol. The first kappa shape index (κ1) is 22.1. The van der Waals surface area contributed by atoms with E-state index >= 15 is 0 Å². The minimum Gasteiger partial charge on any atom is -0.373 e. The van der Waals surface area contributed by atoms with Crippen molar-refractivity contribution in [1.29, 1.82) is 0 Å². The molecule has 28 heavy (non-hydrogen) atoms. The molecule has 0 aliphatic rings. The van der Waals surface area contributed by atoms with Crippen LogP contribution in [0.2, 0.25) is 0 Å². The Morgan fingerprint density at radius 1 is 1.21 bits per heavy atom. The molecule has 6 heteroatoms. The molecule has 0 aliphatic heterocycles. The number of nitrogens with one attached hydrogen (secondary N) is 1. The smallest absolute Gasteiger partial charge is 0.292 e. The lowest BCUT2D eigenvalue weighted by Crippen LogP contribution is -2.28. The normalized spacial score (nSPS) is 14.0. The summed E-state index contributed by atoms with van der Waals surface area (Å²) >= 11 is 2.19. The Labute approximate surface area is 179 Å². The largest absolute Gasteiger partial charge is 0.373 e. The number of nitro groups is 1. The van der Waals surface area contributed by atoms with Crippen LogP contribution in [-0.4, -0.2) is 17.6 Å². The number of nitrogens with zero attached hydrogens (tertiary/aromatic N) is 1. The topological polar surface area (TPSA) is 64.4 Å². The van der Waals surface area contributed by atoms with E-state index in [1.165, 1.54) is 6.07 Å². The van der Waals surface area contributed by atoms with Gasteiger partial charge in [-0.05, 0) is 28.6 Å². The summed E-state index contributed by atoms with van der Waals surface area (Å²) < 4.78 is 7.73. The highest BCUT2D eigenvalue weighted by Gasteiger charge is 2.21. The maximum absolute atomic E-state index is 11.3. The molecule has 0 heterocycles. The summed E-state index contributed by atoms with van der Waals surface area (Å²) in [5.41, 5.74) is 2.80. The third-order valence-electron chi connectivity index (χ3n) is 4.44. The molecule has 5 nitrogen and oxygen atoms in total. The molecule has 0 bridgehead atoms. The number of halogens is 1. The Hall–Kier alpha value is -2.19. The maximum Gasteiger partial charge on any atom is 0.292 e. The van der Waals surface area contributed by atoms with E-state index in [1.807, 2.05) is 47.4 Å². The van der Waals surface area contributed by atoms with Crippen molar-refractivity contribution >= 4 is 34.0 Å². The fourth-order valence-electron chi connectivity index (χ4n) is 2.88. The Balaban J connectivity index is 2.10. The Morgan fingerprint density at radius 2 is 1.89 bits per heavy atom. The number of hydrogen-bond donors (Lipinski definition) is 1. The minimum atomic E-state index is -0.361. The van der Waals surface area contributed by atoms with Crippen LogP contribution < -0.4 is 5.32 Å². The van der Waals surface area contributed by atoms with Gasteiger partial charge in [-0.3, -0.25) is 10.1 Å². The molecular weight excluding hydrogens is 467 g/mol. The van der Waals surface area contributed by atoms with Gasteiger partial charge in [-0.15, -0.1) is 0 Å². The lowest BCUT2D eigenvalue weighted by molar-refractivity contribution is -0.384. The Kier molecular flexibility index (Phi) is 9.16. The fraction of sp³-hybridized carbons (Fsp3) is 0.273. The van der Waals surface area contributed by atoms with Crippen molar-refractivity contribution in [3.63, 3.8) is 0 Å². The van der Waals surface area contributed by atoms with Crippen LogP contribution in [-0.2, 0) is 11.3 Å². The number of anilines is 1. The summed E-state index contributed by atoms with van der Waals surface area (Å²) in [5.74, 6) is 0.155. The van der Waals surface area contributed by atoms with Gasteiger partial charge in [-0.25, -0.2) is 0 Å². The summed E-state index contributed by atoms with van der Waals surface area (Å²) in [7, 11) is 0. The second kappa shape index (κ2) is 11.6. The molecule has 0 saturated heterocycles. The van der Waals surface area contributed by atoms with E-state index in [0.717, 1.165) is 11.1 Å². The van der Waals surface area contributed by atoms with Crippen LogP contribution in [0.3, 0.4) is 0 Å². The fourth-order valence-corrected chi connectivity index (χ4v) is 3.53. The van der Waals surface area contributed by atoms with Crippen LogP contribution in [0.25, 0.3) is 0 Å². The second-order valence-electron chi connectivity index (χ2n) is 6.52. The molecule has 2 rings (SSSR count). The van der Waals surface area contributed by atoms with Gasteiger partial charge in [-0.2, -0.15) is 0 Å². The highest BCUT2D eigenvalue weighted by Crippen LogP contribution is 2.27. The summed E-state index contributed by atoms with van der Waals surface area (Å²) in [6.07, 6.45) is 4.11. The SMILES string of the molecule is CC(=CCOCc1ccccc1)C(Nc1ccccc1[N+](=O)[O-])C(C)C=CI. The van der Waals surface area contributed by atoms with Crippen molar-refractivity contribution in [3.8, 4) is 0 Å². The molecule has 0 fully saturated rings. The summed E-state index contributed by atoms with van der Waals surface area (Å²) in [5, 5.41) is 14.7. The third-order valence-corrected chi connectivity index (χ3v) is 4.85. The molecule has 0 radical (unpaired) electrons. The average molecular weight is 492 g/mol. The molecule has 2 aromatic rings. The van der Waals surface area contributed by atoms with Gasteiger partial charge < -0.3 is 10.1 Å². The zero-order valence-electron chi connectivity index (χ0n) is 16.0. The number of rotatable bonds is 10. The van der Waals surface area contributed by atoms with Crippen LogP contribution in [0.4, 0.5) is 11.4 Å². The van der Waals surface area contributed by atoms with Crippen molar-refractivity contribution < 1.29 is 9.66 Å². The van der Waals surface area contributed by atoms with Gasteiger partial charge in [0.1, 0.15) is 5.69 Å². The Morgan fingerprint density at radius 3 is 2.57 bits per heavy atom. The van der Waals surface area contributed by atoms with Crippen LogP contribution >= 0.6 is 22.6 Å². The number of benzene rings is 2. The second-order valence-corrected chi connectivity index (χ2v) is 7.24. The monoisotopic (exact) mass is 492 g/mol. The van der Waals surface area contributed by atoms with Gasteiger partial charge in [0, 0.05) is 6.07 Å². The van der Waals surface area contributed by atoms with Crippen LogP contribution in [0.15, 0.2) is 76.4 Å². The first-order valence-electron chi connectivity index (χ1n) is 9.08. The molecule has 2 unspecified atom stereocenters. The number of nitro benzene ring substituents is 1. The van der Waals surface area contributed by atoms with E-state index in [4.69, 9.17) is 4.74 Å². The first-order valence-corrected chi connectivity index (χ1v) is 10.3. The third kappa shape index (κ3) is 6.76. The zero-order valence-corrected chi connectivity index (χ0v) is 18.2. The van der Waals surface area contributed by atoms with Gasteiger partial charge >= 0.3 is 0 Å². The van der Waals surface area contributed by atoms with Crippen LogP contribution in [0, 0.1) is 16.0 Å². The molecule has 2 atom stereocenters. The summed E-state index contributed by atoms with van der Waals surface area (Å²) in [6, 6.07) is 16.7. The molecule has 0 amide bonds. The molecule has 1 N–H and O–H groups in total. The molecular formula is C22H25IN2O3. The molecule has 0 spiro atoms. The van der Waals surface area contributed by atoms with E-state index in [0.29, 0.717) is 18.9 Å². The van der Waals surface area contributed by atoms with Crippen molar-refractivity contribution in [2.75, 3.05) is 11.9 Å². The van der Waals surface area contributed by atoms with Gasteiger partial charge in [-0.1, -0.05) is 89.7 Å². The molecule has 2 aromatic carbocycles. The van der Waals surface area contributed by atoms with E-state index in [-0.39, 0.29) is 22.6 Å². The molecule has 0 aromatic heterocycles.